The summed E-state index contributed by atoms with van der Waals surface area (Å²) in [6.45, 7) is 2.91. The van der Waals surface area contributed by atoms with Crippen LogP contribution in [0.4, 0.5) is 8.78 Å². The largest absolute Gasteiger partial charge is 0.361 e. The third-order valence-electron chi connectivity index (χ3n) is 5.64. The zero-order chi connectivity index (χ0) is 21.3. The number of carbonyl (C=O) groups excluding carboxylic acids is 2. The molecule has 0 aliphatic carbocycles. The Morgan fingerprint density at radius 2 is 1.83 bits per heavy atom. The Labute approximate surface area is 173 Å². The summed E-state index contributed by atoms with van der Waals surface area (Å²) in [4.78, 5) is 32.0. The molecule has 0 spiro atoms. The molecule has 2 aromatic carbocycles. The Hall–Kier alpha value is -3.22. The van der Waals surface area contributed by atoms with Gasteiger partial charge in [-0.05, 0) is 30.2 Å². The molecule has 0 bridgehead atoms. The normalized spacial score (nSPS) is 16.8. The monoisotopic (exact) mass is 411 g/mol. The molecule has 1 aromatic heterocycles. The van der Waals surface area contributed by atoms with Gasteiger partial charge in [-0.2, -0.15) is 0 Å². The standard InChI is InChI=1S/C23H23F2N3O2/c1-2-22(29)27-7-8-28(23(30)15-9-17(24)12-18(25)10-15)19(14-27)11-16-13-26-21-6-4-3-5-20(16)21/h3-6,9-10,12-13,19,26H,2,7-8,11,14H2,1H3/t19-/m1/s1. The van der Waals surface area contributed by atoms with E-state index in [0.717, 1.165) is 34.7 Å². The van der Waals surface area contributed by atoms with Gasteiger partial charge in [0, 0.05) is 54.8 Å². The molecule has 1 aliphatic rings. The lowest BCUT2D eigenvalue weighted by molar-refractivity contribution is -0.133. The average molecular weight is 411 g/mol. The molecule has 4 rings (SSSR count). The SMILES string of the molecule is CCC(=O)N1CCN(C(=O)c2cc(F)cc(F)c2)[C@H](Cc2c[nH]c3ccccc23)C1. The molecule has 30 heavy (non-hydrogen) atoms. The van der Waals surface area contributed by atoms with E-state index in [0.29, 0.717) is 32.5 Å². The van der Waals surface area contributed by atoms with Crippen LogP contribution in [0.5, 0.6) is 0 Å². The van der Waals surface area contributed by atoms with E-state index in [1.807, 2.05) is 37.4 Å². The van der Waals surface area contributed by atoms with Gasteiger partial charge < -0.3 is 14.8 Å². The molecule has 1 atom stereocenters. The number of fused-ring (bicyclic) bond motifs is 1. The summed E-state index contributed by atoms with van der Waals surface area (Å²) in [5, 5.41) is 1.06. The van der Waals surface area contributed by atoms with Crippen molar-refractivity contribution in [3.05, 3.63) is 71.4 Å². The Bertz CT molecular complexity index is 1070. The summed E-state index contributed by atoms with van der Waals surface area (Å²) in [7, 11) is 0. The summed E-state index contributed by atoms with van der Waals surface area (Å²) in [6, 6.07) is 10.4. The van der Waals surface area contributed by atoms with Crippen molar-refractivity contribution in [2.24, 2.45) is 0 Å². The molecule has 0 radical (unpaired) electrons. The van der Waals surface area contributed by atoms with Crippen LogP contribution in [0.2, 0.25) is 0 Å². The van der Waals surface area contributed by atoms with Crippen LogP contribution in [0, 0.1) is 11.6 Å². The highest BCUT2D eigenvalue weighted by molar-refractivity contribution is 5.95. The molecule has 0 saturated carbocycles. The number of hydrogen-bond acceptors (Lipinski definition) is 2. The van der Waals surface area contributed by atoms with Crippen LogP contribution in [0.15, 0.2) is 48.7 Å². The maximum atomic E-state index is 13.7. The first-order valence-corrected chi connectivity index (χ1v) is 10.1. The Morgan fingerprint density at radius 3 is 2.57 bits per heavy atom. The molecule has 2 amide bonds. The maximum Gasteiger partial charge on any atom is 0.254 e. The lowest BCUT2D eigenvalue weighted by atomic mass is 10.00. The highest BCUT2D eigenvalue weighted by Crippen LogP contribution is 2.24. The molecule has 1 N–H and O–H groups in total. The van der Waals surface area contributed by atoms with Gasteiger partial charge >= 0.3 is 0 Å². The van der Waals surface area contributed by atoms with E-state index in [-0.39, 0.29) is 17.5 Å². The number of para-hydroxylation sites is 1. The van der Waals surface area contributed by atoms with Gasteiger partial charge in [0.2, 0.25) is 5.91 Å². The minimum absolute atomic E-state index is 0.0216. The zero-order valence-corrected chi connectivity index (χ0v) is 16.7. The molecule has 2 heterocycles. The van der Waals surface area contributed by atoms with Crippen molar-refractivity contribution in [3.8, 4) is 0 Å². The van der Waals surface area contributed by atoms with Crippen molar-refractivity contribution < 1.29 is 18.4 Å². The summed E-state index contributed by atoms with van der Waals surface area (Å²) in [5.41, 5.74) is 2.01. The lowest BCUT2D eigenvalue weighted by Gasteiger charge is -2.41. The van der Waals surface area contributed by atoms with Crippen LogP contribution in [0.3, 0.4) is 0 Å². The van der Waals surface area contributed by atoms with E-state index < -0.39 is 17.5 Å². The van der Waals surface area contributed by atoms with Gasteiger partial charge in [-0.25, -0.2) is 8.78 Å². The van der Waals surface area contributed by atoms with Gasteiger partial charge in [0.25, 0.3) is 5.91 Å². The average Bonchev–Trinajstić information content (AvgIpc) is 3.15. The molecule has 1 saturated heterocycles. The molecule has 5 nitrogen and oxygen atoms in total. The van der Waals surface area contributed by atoms with E-state index in [9.17, 15) is 18.4 Å². The van der Waals surface area contributed by atoms with Gasteiger partial charge in [0.15, 0.2) is 0 Å². The van der Waals surface area contributed by atoms with Crippen molar-refractivity contribution >= 4 is 22.7 Å². The fraction of sp³-hybridized carbons (Fsp3) is 0.304. The molecule has 0 unspecified atom stereocenters. The number of aromatic amines is 1. The predicted octanol–water partition coefficient (Wildman–Crippen LogP) is 3.75. The quantitative estimate of drug-likeness (QED) is 0.711. The van der Waals surface area contributed by atoms with Gasteiger partial charge in [0.05, 0.1) is 6.04 Å². The number of carbonyl (C=O) groups is 2. The van der Waals surface area contributed by atoms with Crippen LogP contribution >= 0.6 is 0 Å². The van der Waals surface area contributed by atoms with Crippen LogP contribution in [-0.4, -0.2) is 52.3 Å². The van der Waals surface area contributed by atoms with E-state index >= 15 is 0 Å². The highest BCUT2D eigenvalue weighted by Gasteiger charge is 2.33. The third kappa shape index (κ3) is 3.92. The number of halogens is 2. The van der Waals surface area contributed by atoms with Crippen molar-refractivity contribution in [2.75, 3.05) is 19.6 Å². The first-order valence-electron chi connectivity index (χ1n) is 10.1. The van der Waals surface area contributed by atoms with Crippen molar-refractivity contribution in [1.29, 1.82) is 0 Å². The number of H-pyrrole nitrogens is 1. The second kappa shape index (κ2) is 8.26. The van der Waals surface area contributed by atoms with Gasteiger partial charge in [-0.15, -0.1) is 0 Å². The first kappa shape index (κ1) is 20.1. The molecule has 7 heteroatoms. The Morgan fingerprint density at radius 1 is 1.10 bits per heavy atom. The van der Waals surface area contributed by atoms with Gasteiger partial charge in [-0.1, -0.05) is 25.1 Å². The second-order valence-electron chi connectivity index (χ2n) is 7.57. The number of rotatable bonds is 4. The molecular formula is C23H23F2N3O2. The zero-order valence-electron chi connectivity index (χ0n) is 16.7. The van der Waals surface area contributed by atoms with Crippen LogP contribution in [-0.2, 0) is 11.2 Å². The minimum atomic E-state index is -0.786. The summed E-state index contributed by atoms with van der Waals surface area (Å²) in [5.74, 6) is -1.97. The Balaban J connectivity index is 1.65. The summed E-state index contributed by atoms with van der Waals surface area (Å²) < 4.78 is 27.4. The summed E-state index contributed by atoms with van der Waals surface area (Å²) >= 11 is 0. The number of hydrogen-bond donors (Lipinski definition) is 1. The number of nitrogens with one attached hydrogen (secondary N) is 1. The highest BCUT2D eigenvalue weighted by atomic mass is 19.1. The van der Waals surface area contributed by atoms with Gasteiger partial charge in [0.1, 0.15) is 11.6 Å². The van der Waals surface area contributed by atoms with Crippen LogP contribution < -0.4 is 0 Å². The van der Waals surface area contributed by atoms with Crippen molar-refractivity contribution in [3.63, 3.8) is 0 Å². The molecule has 3 aromatic rings. The molecule has 1 fully saturated rings. The van der Waals surface area contributed by atoms with E-state index in [4.69, 9.17) is 0 Å². The Kier molecular flexibility index (Phi) is 5.53. The lowest BCUT2D eigenvalue weighted by Crippen LogP contribution is -2.57. The van der Waals surface area contributed by atoms with E-state index in [1.165, 1.54) is 0 Å². The molecule has 156 valence electrons. The van der Waals surface area contributed by atoms with Crippen LogP contribution in [0.25, 0.3) is 10.9 Å². The van der Waals surface area contributed by atoms with Crippen molar-refractivity contribution in [1.82, 2.24) is 14.8 Å². The number of nitrogens with zero attached hydrogens (tertiary/aromatic N) is 2. The number of piperazine rings is 1. The van der Waals surface area contributed by atoms with Crippen molar-refractivity contribution in [2.45, 2.75) is 25.8 Å². The van der Waals surface area contributed by atoms with E-state index in [2.05, 4.69) is 4.98 Å². The predicted molar refractivity (Wildman–Crippen MR) is 110 cm³/mol. The van der Waals surface area contributed by atoms with Gasteiger partial charge in [-0.3, -0.25) is 9.59 Å². The third-order valence-corrected chi connectivity index (χ3v) is 5.64. The first-order chi connectivity index (χ1) is 14.5. The molecular weight excluding hydrogens is 388 g/mol. The molecule has 1 aliphatic heterocycles. The minimum Gasteiger partial charge on any atom is -0.361 e. The fourth-order valence-electron chi connectivity index (χ4n) is 4.14. The maximum absolute atomic E-state index is 13.7. The smallest absolute Gasteiger partial charge is 0.254 e. The summed E-state index contributed by atoms with van der Waals surface area (Å²) in [6.07, 6.45) is 2.83. The number of benzene rings is 2. The number of aromatic nitrogens is 1. The van der Waals surface area contributed by atoms with E-state index in [1.54, 1.807) is 9.80 Å². The number of amides is 2. The second-order valence-corrected chi connectivity index (χ2v) is 7.57. The fourth-order valence-corrected chi connectivity index (χ4v) is 4.14. The van der Waals surface area contributed by atoms with Crippen LogP contribution in [0.1, 0.15) is 29.3 Å². The topological polar surface area (TPSA) is 56.4 Å².